The molecule has 1 saturated heterocycles. The highest BCUT2D eigenvalue weighted by molar-refractivity contribution is 4.87. The Hall–Kier alpha value is -1.10. The Labute approximate surface area is 82.5 Å². The molecule has 1 aromatic heterocycles. The summed E-state index contributed by atoms with van der Waals surface area (Å²) in [6, 6.07) is 1.11. The molecule has 2 rings (SSSR count). The van der Waals surface area contributed by atoms with Gasteiger partial charge in [0.05, 0.1) is 6.04 Å². The molecule has 0 bridgehead atoms. The smallest absolute Gasteiger partial charge is 0.310 e. The lowest BCUT2D eigenvalue weighted by molar-refractivity contribution is 0.249. The zero-order chi connectivity index (χ0) is 10.1. The Balaban J connectivity index is 2.20. The fraction of sp³-hybridized carbons (Fsp3) is 0.778. The summed E-state index contributed by atoms with van der Waals surface area (Å²) < 4.78 is 1.68. The summed E-state index contributed by atoms with van der Waals surface area (Å²) in [4.78, 5) is 11.4. The first-order valence-electron chi connectivity index (χ1n) is 5.06. The number of nitrogens with zero attached hydrogens (tertiary/aromatic N) is 2. The minimum Gasteiger partial charge on any atom is -0.310 e. The summed E-state index contributed by atoms with van der Waals surface area (Å²) >= 11 is 0. The lowest BCUT2D eigenvalue weighted by atomic mass is 9.95. The van der Waals surface area contributed by atoms with Gasteiger partial charge in [-0.1, -0.05) is 0 Å². The lowest BCUT2D eigenvalue weighted by Crippen LogP contribution is -2.46. The molecular weight excluding hydrogens is 180 g/mol. The fourth-order valence-corrected chi connectivity index (χ4v) is 2.19. The van der Waals surface area contributed by atoms with Crippen molar-refractivity contribution in [2.24, 2.45) is 0 Å². The van der Waals surface area contributed by atoms with E-state index in [4.69, 9.17) is 0 Å². The van der Waals surface area contributed by atoms with Gasteiger partial charge in [-0.3, -0.25) is 4.57 Å². The minimum atomic E-state index is -0.113. The minimum absolute atomic E-state index is 0.113. The van der Waals surface area contributed by atoms with Crippen molar-refractivity contribution in [3.8, 4) is 0 Å². The van der Waals surface area contributed by atoms with E-state index in [0.717, 1.165) is 12.8 Å². The SMILES string of the molecule is CC1CCC(n2cn[nH]c2=O)C(C)N1. The second-order valence-corrected chi connectivity index (χ2v) is 4.07. The molecule has 3 unspecified atom stereocenters. The third-order valence-electron chi connectivity index (χ3n) is 2.95. The summed E-state index contributed by atoms with van der Waals surface area (Å²) in [5.74, 6) is 0. The molecule has 0 amide bonds. The highest BCUT2D eigenvalue weighted by atomic mass is 16.1. The van der Waals surface area contributed by atoms with Crippen LogP contribution in [-0.4, -0.2) is 26.8 Å². The van der Waals surface area contributed by atoms with Crippen LogP contribution < -0.4 is 11.0 Å². The quantitative estimate of drug-likeness (QED) is 0.678. The van der Waals surface area contributed by atoms with Gasteiger partial charge in [0.15, 0.2) is 0 Å². The molecule has 78 valence electrons. The van der Waals surface area contributed by atoms with E-state index in [1.165, 1.54) is 0 Å². The number of rotatable bonds is 1. The first-order chi connectivity index (χ1) is 6.68. The number of hydrogen-bond donors (Lipinski definition) is 2. The van der Waals surface area contributed by atoms with E-state index in [1.807, 2.05) is 0 Å². The molecule has 3 atom stereocenters. The molecule has 0 radical (unpaired) electrons. The van der Waals surface area contributed by atoms with Crippen LogP contribution in [-0.2, 0) is 0 Å². The number of piperidine rings is 1. The molecule has 0 spiro atoms. The van der Waals surface area contributed by atoms with E-state index >= 15 is 0 Å². The fourth-order valence-electron chi connectivity index (χ4n) is 2.19. The number of H-pyrrole nitrogens is 1. The van der Waals surface area contributed by atoms with Crippen LogP contribution in [0.2, 0.25) is 0 Å². The maximum Gasteiger partial charge on any atom is 0.343 e. The molecule has 1 fully saturated rings. The second-order valence-electron chi connectivity index (χ2n) is 4.07. The standard InChI is InChI=1S/C9H16N4O/c1-6-3-4-8(7(2)11-6)13-5-10-12-9(13)14/h5-8,11H,3-4H2,1-2H3,(H,12,14). The van der Waals surface area contributed by atoms with E-state index in [1.54, 1.807) is 10.9 Å². The van der Waals surface area contributed by atoms with Crippen molar-refractivity contribution in [1.82, 2.24) is 20.1 Å². The molecule has 14 heavy (non-hydrogen) atoms. The maximum absolute atomic E-state index is 11.4. The van der Waals surface area contributed by atoms with E-state index in [0.29, 0.717) is 12.1 Å². The maximum atomic E-state index is 11.4. The second kappa shape index (κ2) is 3.57. The molecule has 1 aliphatic heterocycles. The van der Waals surface area contributed by atoms with Gasteiger partial charge < -0.3 is 5.32 Å². The molecular formula is C9H16N4O. The molecule has 0 aliphatic carbocycles. The van der Waals surface area contributed by atoms with Crippen LogP contribution in [0.15, 0.2) is 11.1 Å². The van der Waals surface area contributed by atoms with Crippen LogP contribution in [0.1, 0.15) is 32.7 Å². The average Bonchev–Trinajstić information content (AvgIpc) is 2.52. The molecule has 1 aromatic rings. The zero-order valence-electron chi connectivity index (χ0n) is 8.53. The van der Waals surface area contributed by atoms with Crippen molar-refractivity contribution in [1.29, 1.82) is 0 Å². The first-order valence-corrected chi connectivity index (χ1v) is 5.06. The third kappa shape index (κ3) is 1.59. The van der Waals surface area contributed by atoms with Crippen molar-refractivity contribution in [2.45, 2.75) is 44.8 Å². The molecule has 5 nitrogen and oxygen atoms in total. The van der Waals surface area contributed by atoms with Crippen molar-refractivity contribution in [3.63, 3.8) is 0 Å². The summed E-state index contributed by atoms with van der Waals surface area (Å²) in [5, 5.41) is 9.62. The van der Waals surface area contributed by atoms with E-state index in [-0.39, 0.29) is 11.7 Å². The Morgan fingerprint density at radius 2 is 2.29 bits per heavy atom. The van der Waals surface area contributed by atoms with E-state index in [9.17, 15) is 4.79 Å². The third-order valence-corrected chi connectivity index (χ3v) is 2.95. The largest absolute Gasteiger partial charge is 0.343 e. The molecule has 2 heterocycles. The van der Waals surface area contributed by atoms with Gasteiger partial charge in [-0.25, -0.2) is 9.89 Å². The normalized spacial score (nSPS) is 33.1. The highest BCUT2D eigenvalue weighted by Crippen LogP contribution is 2.22. The van der Waals surface area contributed by atoms with Crippen molar-refractivity contribution >= 4 is 0 Å². The molecule has 2 N–H and O–H groups in total. The van der Waals surface area contributed by atoms with Gasteiger partial charge in [-0.2, -0.15) is 5.10 Å². The van der Waals surface area contributed by atoms with E-state index < -0.39 is 0 Å². The van der Waals surface area contributed by atoms with Gasteiger partial charge in [0, 0.05) is 12.1 Å². The van der Waals surface area contributed by atoms with Gasteiger partial charge in [0.1, 0.15) is 6.33 Å². The molecule has 0 saturated carbocycles. The first kappa shape index (κ1) is 9.45. The number of aromatic amines is 1. The van der Waals surface area contributed by atoms with Crippen LogP contribution >= 0.6 is 0 Å². The average molecular weight is 196 g/mol. The van der Waals surface area contributed by atoms with Crippen molar-refractivity contribution in [3.05, 3.63) is 16.8 Å². The van der Waals surface area contributed by atoms with Gasteiger partial charge >= 0.3 is 5.69 Å². The van der Waals surface area contributed by atoms with E-state index in [2.05, 4.69) is 29.4 Å². The predicted molar refractivity (Wildman–Crippen MR) is 53.2 cm³/mol. The molecule has 1 aliphatic rings. The summed E-state index contributed by atoms with van der Waals surface area (Å²) in [6.07, 6.45) is 3.72. The van der Waals surface area contributed by atoms with Crippen LogP contribution in [0.4, 0.5) is 0 Å². The van der Waals surface area contributed by atoms with Crippen LogP contribution in [0, 0.1) is 0 Å². The summed E-state index contributed by atoms with van der Waals surface area (Å²) in [6.45, 7) is 4.28. The monoisotopic (exact) mass is 196 g/mol. The summed E-state index contributed by atoms with van der Waals surface area (Å²) in [5.41, 5.74) is -0.113. The molecule has 0 aromatic carbocycles. The summed E-state index contributed by atoms with van der Waals surface area (Å²) in [7, 11) is 0. The van der Waals surface area contributed by atoms with Gasteiger partial charge in [0.25, 0.3) is 0 Å². The Kier molecular flexibility index (Phi) is 2.41. The lowest BCUT2D eigenvalue weighted by Gasteiger charge is -2.33. The number of aromatic nitrogens is 3. The van der Waals surface area contributed by atoms with Crippen molar-refractivity contribution in [2.75, 3.05) is 0 Å². The van der Waals surface area contributed by atoms with Gasteiger partial charge in [0.2, 0.25) is 0 Å². The molecule has 5 heteroatoms. The van der Waals surface area contributed by atoms with Crippen molar-refractivity contribution < 1.29 is 0 Å². The van der Waals surface area contributed by atoms with Crippen LogP contribution in [0.5, 0.6) is 0 Å². The predicted octanol–water partition coefficient (Wildman–Crippen LogP) is 0.273. The Morgan fingerprint density at radius 1 is 1.50 bits per heavy atom. The Bertz CT molecular complexity index is 356. The topological polar surface area (TPSA) is 62.7 Å². The van der Waals surface area contributed by atoms with Crippen LogP contribution in [0.3, 0.4) is 0 Å². The Morgan fingerprint density at radius 3 is 2.86 bits per heavy atom. The zero-order valence-corrected chi connectivity index (χ0v) is 8.53. The number of nitrogens with one attached hydrogen (secondary N) is 2. The van der Waals surface area contributed by atoms with Gasteiger partial charge in [-0.05, 0) is 26.7 Å². The van der Waals surface area contributed by atoms with Crippen LogP contribution in [0.25, 0.3) is 0 Å². The van der Waals surface area contributed by atoms with Gasteiger partial charge in [-0.15, -0.1) is 0 Å². The highest BCUT2D eigenvalue weighted by Gasteiger charge is 2.26. The number of hydrogen-bond acceptors (Lipinski definition) is 3.